The molecule has 4 aromatic rings. The van der Waals surface area contributed by atoms with E-state index >= 15 is 0 Å². The second kappa shape index (κ2) is 6.55. The van der Waals surface area contributed by atoms with Gasteiger partial charge in [-0.1, -0.05) is 18.2 Å². The second-order valence-corrected chi connectivity index (χ2v) is 6.69. The standard InChI is InChI=1S/C19H18N4S/c1-23-12-15(19(22-23)14-5-4-8-20-9-14)10-21-11-16-13-24-18-7-3-2-6-17(16)18/h2-9,12-13,21H,10-11H2,1H3. The van der Waals surface area contributed by atoms with Crippen LogP contribution in [0.2, 0.25) is 0 Å². The largest absolute Gasteiger partial charge is 0.308 e. The summed E-state index contributed by atoms with van der Waals surface area (Å²) in [5, 5.41) is 11.7. The lowest BCUT2D eigenvalue weighted by Crippen LogP contribution is -2.12. The van der Waals surface area contributed by atoms with E-state index in [1.54, 1.807) is 17.5 Å². The molecular weight excluding hydrogens is 316 g/mol. The first-order valence-corrected chi connectivity index (χ1v) is 8.78. The highest BCUT2D eigenvalue weighted by Gasteiger charge is 2.10. The van der Waals surface area contributed by atoms with Crippen molar-refractivity contribution in [3.63, 3.8) is 0 Å². The highest BCUT2D eigenvalue weighted by molar-refractivity contribution is 7.17. The van der Waals surface area contributed by atoms with Gasteiger partial charge in [0.25, 0.3) is 0 Å². The highest BCUT2D eigenvalue weighted by atomic mass is 32.1. The first-order chi connectivity index (χ1) is 11.8. The molecule has 4 rings (SSSR count). The smallest absolute Gasteiger partial charge is 0.0983 e. The number of benzene rings is 1. The Morgan fingerprint density at radius 3 is 2.83 bits per heavy atom. The molecule has 0 unspecified atom stereocenters. The Morgan fingerprint density at radius 2 is 1.96 bits per heavy atom. The van der Waals surface area contributed by atoms with Gasteiger partial charge in [0.1, 0.15) is 0 Å². The summed E-state index contributed by atoms with van der Waals surface area (Å²) in [6.45, 7) is 1.63. The number of aryl methyl sites for hydroxylation is 1. The van der Waals surface area contributed by atoms with Crippen LogP contribution in [-0.2, 0) is 20.1 Å². The molecule has 4 nitrogen and oxygen atoms in total. The molecule has 0 aliphatic rings. The molecule has 1 N–H and O–H groups in total. The number of pyridine rings is 1. The maximum absolute atomic E-state index is 4.59. The third kappa shape index (κ3) is 2.96. The maximum Gasteiger partial charge on any atom is 0.0983 e. The first-order valence-electron chi connectivity index (χ1n) is 7.90. The average molecular weight is 334 g/mol. The van der Waals surface area contributed by atoms with Gasteiger partial charge < -0.3 is 5.32 Å². The lowest BCUT2D eigenvalue weighted by atomic mass is 10.1. The van der Waals surface area contributed by atoms with Crippen LogP contribution in [-0.4, -0.2) is 14.8 Å². The Hall–Kier alpha value is -2.50. The van der Waals surface area contributed by atoms with Crippen LogP contribution in [0.3, 0.4) is 0 Å². The zero-order valence-electron chi connectivity index (χ0n) is 13.4. The molecule has 0 saturated heterocycles. The van der Waals surface area contributed by atoms with Gasteiger partial charge in [0.05, 0.1) is 5.69 Å². The Morgan fingerprint density at radius 1 is 1.08 bits per heavy atom. The van der Waals surface area contributed by atoms with Crippen molar-refractivity contribution in [1.29, 1.82) is 0 Å². The van der Waals surface area contributed by atoms with Gasteiger partial charge in [0.2, 0.25) is 0 Å². The van der Waals surface area contributed by atoms with E-state index in [-0.39, 0.29) is 0 Å². The summed E-state index contributed by atoms with van der Waals surface area (Å²) in [7, 11) is 1.95. The zero-order chi connectivity index (χ0) is 16.4. The quantitative estimate of drug-likeness (QED) is 0.600. The van der Waals surface area contributed by atoms with Gasteiger partial charge in [-0.05, 0) is 34.5 Å². The lowest BCUT2D eigenvalue weighted by molar-refractivity contribution is 0.696. The van der Waals surface area contributed by atoms with Gasteiger partial charge in [0, 0.05) is 54.6 Å². The van der Waals surface area contributed by atoms with Crippen LogP contribution in [0.4, 0.5) is 0 Å². The summed E-state index contributed by atoms with van der Waals surface area (Å²) in [5.74, 6) is 0. The van der Waals surface area contributed by atoms with Crippen molar-refractivity contribution in [2.45, 2.75) is 13.1 Å². The van der Waals surface area contributed by atoms with Gasteiger partial charge >= 0.3 is 0 Å². The van der Waals surface area contributed by atoms with Gasteiger partial charge in [-0.15, -0.1) is 11.3 Å². The fourth-order valence-corrected chi connectivity index (χ4v) is 3.88. The third-order valence-corrected chi connectivity index (χ3v) is 5.04. The Balaban J connectivity index is 1.51. The maximum atomic E-state index is 4.59. The number of nitrogens with one attached hydrogen (secondary N) is 1. The van der Waals surface area contributed by atoms with Crippen molar-refractivity contribution in [3.05, 3.63) is 71.5 Å². The van der Waals surface area contributed by atoms with E-state index < -0.39 is 0 Å². The fourth-order valence-electron chi connectivity index (χ4n) is 2.91. The Labute approximate surface area is 144 Å². The third-order valence-electron chi connectivity index (χ3n) is 4.03. The van der Waals surface area contributed by atoms with E-state index in [9.17, 15) is 0 Å². The average Bonchev–Trinajstić information content (AvgIpc) is 3.20. The number of hydrogen-bond donors (Lipinski definition) is 1. The minimum absolute atomic E-state index is 0.780. The summed E-state index contributed by atoms with van der Waals surface area (Å²) in [5.41, 5.74) is 4.58. The topological polar surface area (TPSA) is 42.7 Å². The van der Waals surface area contributed by atoms with Crippen molar-refractivity contribution < 1.29 is 0 Å². The molecular formula is C19H18N4S. The summed E-state index contributed by atoms with van der Waals surface area (Å²) < 4.78 is 3.20. The van der Waals surface area contributed by atoms with Crippen LogP contribution in [0, 0.1) is 0 Å². The second-order valence-electron chi connectivity index (χ2n) is 5.78. The molecule has 1 aromatic carbocycles. The molecule has 0 bridgehead atoms. The monoisotopic (exact) mass is 334 g/mol. The molecule has 0 amide bonds. The van der Waals surface area contributed by atoms with Crippen LogP contribution in [0.15, 0.2) is 60.4 Å². The minimum atomic E-state index is 0.780. The molecule has 3 aromatic heterocycles. The summed E-state index contributed by atoms with van der Waals surface area (Å²) >= 11 is 1.80. The number of fused-ring (bicyclic) bond motifs is 1. The van der Waals surface area contributed by atoms with Crippen LogP contribution >= 0.6 is 11.3 Å². The van der Waals surface area contributed by atoms with Gasteiger partial charge in [-0.25, -0.2) is 0 Å². The van der Waals surface area contributed by atoms with E-state index in [2.05, 4.69) is 51.2 Å². The molecule has 0 saturated carbocycles. The van der Waals surface area contributed by atoms with Gasteiger partial charge in [0.15, 0.2) is 0 Å². The minimum Gasteiger partial charge on any atom is -0.308 e. The number of hydrogen-bond acceptors (Lipinski definition) is 4. The number of nitrogens with zero attached hydrogens (tertiary/aromatic N) is 3. The van der Waals surface area contributed by atoms with E-state index in [1.807, 2.05) is 30.1 Å². The molecule has 120 valence electrons. The highest BCUT2D eigenvalue weighted by Crippen LogP contribution is 2.26. The van der Waals surface area contributed by atoms with Gasteiger partial charge in [-0.2, -0.15) is 5.10 Å². The van der Waals surface area contributed by atoms with Crippen LogP contribution < -0.4 is 5.32 Å². The molecule has 0 spiro atoms. The SMILES string of the molecule is Cn1cc(CNCc2csc3ccccc23)c(-c2cccnc2)n1. The molecule has 5 heteroatoms. The first kappa shape index (κ1) is 15.1. The summed E-state index contributed by atoms with van der Waals surface area (Å²) in [6, 6.07) is 12.5. The van der Waals surface area contributed by atoms with Crippen molar-refractivity contribution in [1.82, 2.24) is 20.1 Å². The van der Waals surface area contributed by atoms with E-state index in [1.165, 1.54) is 21.2 Å². The predicted molar refractivity (Wildman–Crippen MR) is 98.8 cm³/mol. The molecule has 0 fully saturated rings. The molecule has 0 radical (unpaired) electrons. The van der Waals surface area contributed by atoms with Crippen molar-refractivity contribution in [2.75, 3.05) is 0 Å². The van der Waals surface area contributed by atoms with E-state index in [0.29, 0.717) is 0 Å². The lowest BCUT2D eigenvalue weighted by Gasteiger charge is -2.05. The van der Waals surface area contributed by atoms with Crippen molar-refractivity contribution in [3.8, 4) is 11.3 Å². The normalized spacial score (nSPS) is 11.2. The zero-order valence-corrected chi connectivity index (χ0v) is 14.3. The molecule has 0 atom stereocenters. The number of aromatic nitrogens is 3. The van der Waals surface area contributed by atoms with Crippen LogP contribution in [0.1, 0.15) is 11.1 Å². The Bertz CT molecular complexity index is 956. The van der Waals surface area contributed by atoms with Crippen LogP contribution in [0.25, 0.3) is 21.3 Å². The Kier molecular flexibility index (Phi) is 4.11. The molecule has 0 aliphatic heterocycles. The number of thiophene rings is 1. The van der Waals surface area contributed by atoms with Gasteiger partial charge in [-0.3, -0.25) is 9.67 Å². The van der Waals surface area contributed by atoms with Crippen LogP contribution in [0.5, 0.6) is 0 Å². The van der Waals surface area contributed by atoms with Crippen molar-refractivity contribution in [2.24, 2.45) is 7.05 Å². The molecule has 24 heavy (non-hydrogen) atoms. The predicted octanol–water partition coefficient (Wildman–Crippen LogP) is 3.99. The summed E-state index contributed by atoms with van der Waals surface area (Å²) in [6.07, 6.45) is 5.71. The molecule has 0 aliphatic carbocycles. The van der Waals surface area contributed by atoms with E-state index in [4.69, 9.17) is 0 Å². The molecule has 3 heterocycles. The van der Waals surface area contributed by atoms with Crippen molar-refractivity contribution >= 4 is 21.4 Å². The van der Waals surface area contributed by atoms with E-state index in [0.717, 1.165) is 24.3 Å². The fraction of sp³-hybridized carbons (Fsp3) is 0.158. The summed E-state index contributed by atoms with van der Waals surface area (Å²) in [4.78, 5) is 4.20. The number of rotatable bonds is 5.